The molecule has 130 valence electrons. The van der Waals surface area contributed by atoms with Crippen molar-refractivity contribution in [1.82, 2.24) is 9.55 Å². The Labute approximate surface area is 140 Å². The number of aromatic nitrogens is 2. The summed E-state index contributed by atoms with van der Waals surface area (Å²) < 4.78 is 22.5. The number of halogens is 1. The summed E-state index contributed by atoms with van der Waals surface area (Å²) in [6.45, 7) is 2.29. The van der Waals surface area contributed by atoms with E-state index in [4.69, 9.17) is 36.3 Å². The predicted molar refractivity (Wildman–Crippen MR) is 78.4 cm³/mol. The molecule has 0 aliphatic carbocycles. The first-order valence-electron chi connectivity index (χ1n) is 6.99. The molecular formula is C13H14ClN3O7. The summed E-state index contributed by atoms with van der Waals surface area (Å²) in [5.41, 5.74) is 4.91. The molecule has 2 aliphatic rings. The van der Waals surface area contributed by atoms with Gasteiger partial charge in [0.15, 0.2) is 24.3 Å². The van der Waals surface area contributed by atoms with Gasteiger partial charge in [0.2, 0.25) is 0 Å². The monoisotopic (exact) mass is 359 g/mol. The van der Waals surface area contributed by atoms with Crippen LogP contribution in [0.2, 0.25) is 5.02 Å². The standard InChI is InChI=1S/C13H14ClN3O7/c1-4(18)21-3-6-8(22-5(2)19)9-12(23-6)17-11(20)7(14)10(15)16-13(17)24-9/h6,8-9,12H,3,15H2,1-2H3. The second-order valence-electron chi connectivity index (χ2n) is 5.29. The molecule has 0 amide bonds. The molecule has 24 heavy (non-hydrogen) atoms. The van der Waals surface area contributed by atoms with Crippen LogP contribution in [-0.4, -0.2) is 46.4 Å². The van der Waals surface area contributed by atoms with Gasteiger partial charge in [-0.15, -0.1) is 0 Å². The lowest BCUT2D eigenvalue weighted by molar-refractivity contribution is -0.157. The minimum absolute atomic E-state index is 0.0833. The SMILES string of the molecule is CC(=O)OCC1OC2C(Oc3nc(N)c(Cl)c(=O)n32)C1OC(C)=O. The molecule has 4 unspecified atom stereocenters. The van der Waals surface area contributed by atoms with E-state index >= 15 is 0 Å². The van der Waals surface area contributed by atoms with Gasteiger partial charge < -0.3 is 24.7 Å². The Morgan fingerprint density at radius 1 is 1.38 bits per heavy atom. The molecule has 1 aromatic rings. The number of carbonyl (C=O) groups is 2. The van der Waals surface area contributed by atoms with Gasteiger partial charge in [-0.1, -0.05) is 11.6 Å². The van der Waals surface area contributed by atoms with Gasteiger partial charge >= 0.3 is 17.9 Å². The Balaban J connectivity index is 1.94. The Kier molecular flexibility index (Phi) is 4.10. The van der Waals surface area contributed by atoms with E-state index in [1.807, 2.05) is 0 Å². The zero-order chi connectivity index (χ0) is 17.6. The van der Waals surface area contributed by atoms with Crippen LogP contribution >= 0.6 is 11.6 Å². The zero-order valence-electron chi connectivity index (χ0n) is 12.7. The number of hydrogen-bond donors (Lipinski definition) is 1. The van der Waals surface area contributed by atoms with E-state index < -0.39 is 42.0 Å². The van der Waals surface area contributed by atoms with Crippen molar-refractivity contribution in [2.75, 3.05) is 12.3 Å². The van der Waals surface area contributed by atoms with Crippen LogP contribution < -0.4 is 16.0 Å². The van der Waals surface area contributed by atoms with Gasteiger partial charge in [0, 0.05) is 13.8 Å². The summed E-state index contributed by atoms with van der Waals surface area (Å²) >= 11 is 5.82. The second kappa shape index (κ2) is 5.95. The average molecular weight is 360 g/mol. The fourth-order valence-electron chi connectivity index (χ4n) is 2.65. The Hall–Kier alpha value is -2.33. The van der Waals surface area contributed by atoms with Crippen LogP contribution in [0.4, 0.5) is 5.82 Å². The molecule has 1 saturated heterocycles. The molecule has 10 nitrogen and oxygen atoms in total. The number of esters is 2. The summed E-state index contributed by atoms with van der Waals surface area (Å²) in [6.07, 6.45) is -3.47. The van der Waals surface area contributed by atoms with Crippen molar-refractivity contribution in [3.05, 3.63) is 15.4 Å². The van der Waals surface area contributed by atoms with Gasteiger partial charge in [-0.3, -0.25) is 14.4 Å². The van der Waals surface area contributed by atoms with Crippen LogP contribution in [-0.2, 0) is 23.8 Å². The maximum Gasteiger partial charge on any atom is 0.304 e. The summed E-state index contributed by atoms with van der Waals surface area (Å²) in [5, 5.41) is -0.265. The summed E-state index contributed by atoms with van der Waals surface area (Å²) in [6, 6.07) is -0.0833. The first kappa shape index (κ1) is 16.5. The van der Waals surface area contributed by atoms with E-state index in [1.165, 1.54) is 13.8 Å². The van der Waals surface area contributed by atoms with Crippen molar-refractivity contribution in [3.63, 3.8) is 0 Å². The van der Waals surface area contributed by atoms with E-state index in [2.05, 4.69) is 4.98 Å². The Bertz CT molecular complexity index is 765. The summed E-state index contributed by atoms with van der Waals surface area (Å²) in [7, 11) is 0. The highest BCUT2D eigenvalue weighted by Crippen LogP contribution is 2.40. The molecule has 11 heteroatoms. The van der Waals surface area contributed by atoms with E-state index in [9.17, 15) is 14.4 Å². The number of rotatable bonds is 3. The Morgan fingerprint density at radius 2 is 2.08 bits per heavy atom. The third-order valence-electron chi connectivity index (χ3n) is 3.59. The van der Waals surface area contributed by atoms with Gasteiger partial charge in [-0.2, -0.15) is 4.98 Å². The fourth-order valence-corrected chi connectivity index (χ4v) is 2.78. The number of nitrogen functional groups attached to an aromatic ring is 1. The lowest BCUT2D eigenvalue weighted by Gasteiger charge is -2.21. The zero-order valence-corrected chi connectivity index (χ0v) is 13.5. The quantitative estimate of drug-likeness (QED) is 0.718. The highest BCUT2D eigenvalue weighted by Gasteiger charge is 2.55. The molecule has 0 aromatic carbocycles. The van der Waals surface area contributed by atoms with Crippen molar-refractivity contribution in [1.29, 1.82) is 0 Å². The summed E-state index contributed by atoms with van der Waals surface area (Å²) in [4.78, 5) is 38.5. The molecular weight excluding hydrogens is 346 g/mol. The van der Waals surface area contributed by atoms with Gasteiger partial charge in [0.05, 0.1) is 0 Å². The lowest BCUT2D eigenvalue weighted by atomic mass is 10.1. The van der Waals surface area contributed by atoms with Crippen molar-refractivity contribution in [3.8, 4) is 6.01 Å². The second-order valence-corrected chi connectivity index (χ2v) is 5.67. The van der Waals surface area contributed by atoms with Crippen LogP contribution in [0.3, 0.4) is 0 Å². The molecule has 3 rings (SSSR count). The lowest BCUT2D eigenvalue weighted by Crippen LogP contribution is -2.39. The van der Waals surface area contributed by atoms with Crippen LogP contribution in [0.5, 0.6) is 6.01 Å². The van der Waals surface area contributed by atoms with Crippen LogP contribution in [0.1, 0.15) is 20.1 Å². The molecule has 2 N–H and O–H groups in total. The van der Waals surface area contributed by atoms with Crippen molar-refractivity contribution < 1.29 is 28.5 Å². The minimum atomic E-state index is -0.928. The molecule has 1 fully saturated rings. The fraction of sp³-hybridized carbons (Fsp3) is 0.538. The molecule has 1 aromatic heterocycles. The molecule has 0 spiro atoms. The molecule has 2 aliphatic heterocycles. The minimum Gasteiger partial charge on any atom is -0.463 e. The van der Waals surface area contributed by atoms with Gasteiger partial charge in [-0.05, 0) is 0 Å². The maximum atomic E-state index is 12.3. The normalized spacial score (nSPS) is 27.1. The molecule has 0 saturated carbocycles. The smallest absolute Gasteiger partial charge is 0.304 e. The molecule has 0 radical (unpaired) electrons. The van der Waals surface area contributed by atoms with Gasteiger partial charge in [-0.25, -0.2) is 4.57 Å². The van der Waals surface area contributed by atoms with Crippen LogP contribution in [0.15, 0.2) is 4.79 Å². The number of anilines is 1. The van der Waals surface area contributed by atoms with Crippen molar-refractivity contribution in [2.45, 2.75) is 38.4 Å². The van der Waals surface area contributed by atoms with Crippen molar-refractivity contribution >= 4 is 29.4 Å². The highest BCUT2D eigenvalue weighted by molar-refractivity contribution is 6.32. The predicted octanol–water partition coefficient (Wildman–Crippen LogP) is -0.368. The number of carbonyl (C=O) groups excluding carboxylic acids is 2. The number of ether oxygens (including phenoxy) is 4. The highest BCUT2D eigenvalue weighted by atomic mass is 35.5. The number of fused-ring (bicyclic) bond motifs is 3. The maximum absolute atomic E-state index is 12.3. The Morgan fingerprint density at radius 3 is 2.71 bits per heavy atom. The first-order chi connectivity index (χ1) is 11.3. The first-order valence-corrected chi connectivity index (χ1v) is 7.37. The average Bonchev–Trinajstić information content (AvgIpc) is 2.99. The third-order valence-corrected chi connectivity index (χ3v) is 3.94. The summed E-state index contributed by atoms with van der Waals surface area (Å²) in [5.74, 6) is -1.27. The van der Waals surface area contributed by atoms with E-state index in [0.29, 0.717) is 0 Å². The van der Waals surface area contributed by atoms with E-state index in [-0.39, 0.29) is 23.5 Å². The number of hydrogen-bond acceptors (Lipinski definition) is 9. The van der Waals surface area contributed by atoms with E-state index in [1.54, 1.807) is 0 Å². The molecule has 4 atom stereocenters. The largest absolute Gasteiger partial charge is 0.463 e. The molecule has 0 bridgehead atoms. The van der Waals surface area contributed by atoms with Crippen molar-refractivity contribution in [2.24, 2.45) is 0 Å². The third kappa shape index (κ3) is 2.67. The topological polar surface area (TPSA) is 132 Å². The van der Waals surface area contributed by atoms with Crippen LogP contribution in [0, 0.1) is 0 Å². The van der Waals surface area contributed by atoms with Gasteiger partial charge in [0.1, 0.15) is 17.7 Å². The number of nitrogens with zero attached hydrogens (tertiary/aromatic N) is 2. The number of nitrogens with two attached hydrogens (primary N) is 1. The van der Waals surface area contributed by atoms with Gasteiger partial charge in [0.25, 0.3) is 5.56 Å². The van der Waals surface area contributed by atoms with Crippen LogP contribution in [0.25, 0.3) is 0 Å². The van der Waals surface area contributed by atoms with E-state index in [0.717, 1.165) is 4.57 Å². The molecule has 3 heterocycles.